The van der Waals surface area contributed by atoms with E-state index in [9.17, 15) is 0 Å². The van der Waals surface area contributed by atoms with Crippen molar-refractivity contribution >= 4 is 11.6 Å². The van der Waals surface area contributed by atoms with Crippen LogP contribution in [0.25, 0.3) is 0 Å². The van der Waals surface area contributed by atoms with Gasteiger partial charge in [-0.2, -0.15) is 0 Å². The molecule has 1 aromatic carbocycles. The fourth-order valence-electron chi connectivity index (χ4n) is 2.05. The third-order valence-electron chi connectivity index (χ3n) is 3.05. The van der Waals surface area contributed by atoms with Crippen molar-refractivity contribution in [1.29, 1.82) is 0 Å². The molecule has 2 N–H and O–H groups in total. The van der Waals surface area contributed by atoms with Crippen molar-refractivity contribution in [3.8, 4) is 11.5 Å². The summed E-state index contributed by atoms with van der Waals surface area (Å²) in [6.07, 6.45) is 0. The third kappa shape index (κ3) is 4.09. The van der Waals surface area contributed by atoms with Crippen molar-refractivity contribution < 1.29 is 9.47 Å². The van der Waals surface area contributed by atoms with Crippen molar-refractivity contribution in [2.45, 2.75) is 26.5 Å². The van der Waals surface area contributed by atoms with Crippen LogP contribution in [-0.2, 0) is 6.61 Å². The first-order valence-corrected chi connectivity index (χ1v) is 7.06. The summed E-state index contributed by atoms with van der Waals surface area (Å²) >= 11 is 6.00. The first kappa shape index (κ1) is 15.6. The van der Waals surface area contributed by atoms with Gasteiger partial charge in [0.25, 0.3) is 0 Å². The van der Waals surface area contributed by atoms with Crippen LogP contribution in [0.4, 0.5) is 0 Å². The largest absolute Gasteiger partial charge is 0.497 e. The standard InChI is InChI=1S/C16H19ClN2O2/c1-10-6-14(20-3)8-13(19-10)9-21-16-5-4-12(17)7-15(16)11(2)18/h4-8,11H,9,18H2,1-3H3/t11-/m1/s1. The molecule has 0 saturated heterocycles. The van der Waals surface area contributed by atoms with Gasteiger partial charge in [0, 0.05) is 34.5 Å². The minimum Gasteiger partial charge on any atom is -0.497 e. The predicted octanol–water partition coefficient (Wildman–Crippen LogP) is 3.65. The van der Waals surface area contributed by atoms with E-state index >= 15 is 0 Å². The van der Waals surface area contributed by atoms with Crippen molar-refractivity contribution in [1.82, 2.24) is 4.98 Å². The molecule has 112 valence electrons. The fourth-order valence-corrected chi connectivity index (χ4v) is 2.23. The molecule has 0 radical (unpaired) electrons. The van der Waals surface area contributed by atoms with Gasteiger partial charge in [0.1, 0.15) is 18.1 Å². The molecule has 0 aliphatic rings. The Bertz CT molecular complexity index is 630. The van der Waals surface area contributed by atoms with Crippen LogP contribution in [0.5, 0.6) is 11.5 Å². The van der Waals surface area contributed by atoms with Gasteiger partial charge in [-0.3, -0.25) is 4.98 Å². The van der Waals surface area contributed by atoms with Crippen LogP contribution in [0.2, 0.25) is 5.02 Å². The number of nitrogens with zero attached hydrogens (tertiary/aromatic N) is 1. The van der Waals surface area contributed by atoms with Gasteiger partial charge in [-0.1, -0.05) is 11.6 Å². The molecule has 0 bridgehead atoms. The van der Waals surface area contributed by atoms with Crippen LogP contribution in [0.15, 0.2) is 30.3 Å². The van der Waals surface area contributed by atoms with E-state index in [0.717, 1.165) is 28.5 Å². The van der Waals surface area contributed by atoms with E-state index in [1.54, 1.807) is 13.2 Å². The summed E-state index contributed by atoms with van der Waals surface area (Å²) < 4.78 is 11.1. The summed E-state index contributed by atoms with van der Waals surface area (Å²) in [4.78, 5) is 4.43. The highest BCUT2D eigenvalue weighted by molar-refractivity contribution is 6.30. The molecular weight excluding hydrogens is 288 g/mol. The number of aryl methyl sites for hydroxylation is 1. The summed E-state index contributed by atoms with van der Waals surface area (Å²) in [6, 6.07) is 9.01. The van der Waals surface area contributed by atoms with E-state index in [0.29, 0.717) is 11.6 Å². The Morgan fingerprint density at radius 1 is 1.29 bits per heavy atom. The number of ether oxygens (including phenoxy) is 2. The number of aromatic nitrogens is 1. The normalized spacial score (nSPS) is 12.0. The Morgan fingerprint density at radius 2 is 2.05 bits per heavy atom. The van der Waals surface area contributed by atoms with Gasteiger partial charge in [0.15, 0.2) is 0 Å². The quantitative estimate of drug-likeness (QED) is 0.916. The van der Waals surface area contributed by atoms with E-state index < -0.39 is 0 Å². The lowest BCUT2D eigenvalue weighted by Gasteiger charge is -2.14. The van der Waals surface area contributed by atoms with Crippen LogP contribution in [0, 0.1) is 6.92 Å². The van der Waals surface area contributed by atoms with Crippen molar-refractivity contribution in [3.63, 3.8) is 0 Å². The number of nitrogens with two attached hydrogens (primary N) is 1. The number of hydrogen-bond donors (Lipinski definition) is 1. The Labute approximate surface area is 129 Å². The van der Waals surface area contributed by atoms with Gasteiger partial charge in [0.05, 0.1) is 12.8 Å². The highest BCUT2D eigenvalue weighted by Crippen LogP contribution is 2.28. The summed E-state index contributed by atoms with van der Waals surface area (Å²) in [6.45, 7) is 4.16. The first-order chi connectivity index (χ1) is 9.99. The molecule has 0 aliphatic heterocycles. The molecule has 1 aromatic heterocycles. The van der Waals surface area contributed by atoms with Gasteiger partial charge in [-0.05, 0) is 32.0 Å². The maximum Gasteiger partial charge on any atom is 0.130 e. The minimum atomic E-state index is -0.154. The van der Waals surface area contributed by atoms with Gasteiger partial charge in [-0.25, -0.2) is 0 Å². The first-order valence-electron chi connectivity index (χ1n) is 6.69. The number of hydrogen-bond acceptors (Lipinski definition) is 4. The summed E-state index contributed by atoms with van der Waals surface area (Å²) in [5.41, 5.74) is 8.51. The second-order valence-corrected chi connectivity index (χ2v) is 5.34. The fraction of sp³-hybridized carbons (Fsp3) is 0.312. The highest BCUT2D eigenvalue weighted by Gasteiger charge is 2.10. The van der Waals surface area contributed by atoms with Crippen LogP contribution in [0.1, 0.15) is 29.9 Å². The number of pyridine rings is 1. The van der Waals surface area contributed by atoms with E-state index in [1.165, 1.54) is 0 Å². The lowest BCUT2D eigenvalue weighted by atomic mass is 10.1. The van der Waals surface area contributed by atoms with Crippen molar-refractivity contribution in [2.75, 3.05) is 7.11 Å². The summed E-state index contributed by atoms with van der Waals surface area (Å²) in [7, 11) is 1.63. The maximum absolute atomic E-state index is 6.00. The van der Waals surface area contributed by atoms with Gasteiger partial charge < -0.3 is 15.2 Å². The molecule has 4 nitrogen and oxygen atoms in total. The molecule has 5 heteroatoms. The Hall–Kier alpha value is -1.78. The Balaban J connectivity index is 2.18. The SMILES string of the molecule is COc1cc(C)nc(COc2ccc(Cl)cc2[C@@H](C)N)c1. The Morgan fingerprint density at radius 3 is 2.71 bits per heavy atom. The predicted molar refractivity (Wildman–Crippen MR) is 83.9 cm³/mol. The molecule has 2 rings (SSSR count). The smallest absolute Gasteiger partial charge is 0.130 e. The molecular formula is C16H19ClN2O2. The number of methoxy groups -OCH3 is 1. The van der Waals surface area contributed by atoms with Crippen LogP contribution >= 0.6 is 11.6 Å². The molecule has 1 atom stereocenters. The van der Waals surface area contributed by atoms with E-state index in [1.807, 2.05) is 38.1 Å². The highest BCUT2D eigenvalue weighted by atomic mass is 35.5. The molecule has 0 saturated carbocycles. The van der Waals surface area contributed by atoms with E-state index in [-0.39, 0.29) is 6.04 Å². The molecule has 21 heavy (non-hydrogen) atoms. The summed E-state index contributed by atoms with van der Waals surface area (Å²) in [5, 5.41) is 0.644. The average molecular weight is 307 g/mol. The maximum atomic E-state index is 6.00. The zero-order chi connectivity index (χ0) is 15.4. The van der Waals surface area contributed by atoms with E-state index in [2.05, 4.69) is 4.98 Å². The second kappa shape index (κ2) is 6.78. The molecule has 1 heterocycles. The zero-order valence-corrected chi connectivity index (χ0v) is 13.1. The van der Waals surface area contributed by atoms with Crippen LogP contribution in [-0.4, -0.2) is 12.1 Å². The lowest BCUT2D eigenvalue weighted by molar-refractivity contribution is 0.295. The van der Waals surface area contributed by atoms with E-state index in [4.69, 9.17) is 26.8 Å². The second-order valence-electron chi connectivity index (χ2n) is 4.90. The lowest BCUT2D eigenvalue weighted by Crippen LogP contribution is -2.08. The summed E-state index contributed by atoms with van der Waals surface area (Å²) in [5.74, 6) is 1.49. The molecule has 0 fully saturated rings. The third-order valence-corrected chi connectivity index (χ3v) is 3.29. The molecule has 2 aromatic rings. The van der Waals surface area contributed by atoms with Gasteiger partial charge in [0.2, 0.25) is 0 Å². The van der Waals surface area contributed by atoms with Crippen molar-refractivity contribution in [3.05, 3.63) is 52.3 Å². The van der Waals surface area contributed by atoms with Crippen LogP contribution < -0.4 is 15.2 Å². The number of rotatable bonds is 5. The monoisotopic (exact) mass is 306 g/mol. The number of halogens is 1. The van der Waals surface area contributed by atoms with Crippen LogP contribution in [0.3, 0.4) is 0 Å². The molecule has 0 aliphatic carbocycles. The molecule has 0 amide bonds. The average Bonchev–Trinajstić information content (AvgIpc) is 2.45. The van der Waals surface area contributed by atoms with Gasteiger partial charge >= 0.3 is 0 Å². The van der Waals surface area contributed by atoms with Gasteiger partial charge in [-0.15, -0.1) is 0 Å². The topological polar surface area (TPSA) is 57.4 Å². The zero-order valence-electron chi connectivity index (χ0n) is 12.4. The van der Waals surface area contributed by atoms with Crippen molar-refractivity contribution in [2.24, 2.45) is 5.73 Å². The Kier molecular flexibility index (Phi) is 5.04. The molecule has 0 spiro atoms. The number of benzene rings is 1. The molecule has 0 unspecified atom stereocenters. The minimum absolute atomic E-state index is 0.154.